The number of carbonyl (C=O) groups excluding carboxylic acids is 2. The number of hydrogen-bond donors (Lipinski definition) is 4. The molecular weight excluding hydrogens is 823 g/mol. The molecule has 286 valence electrons. The average molecular weight is 864 g/mol. The van der Waals surface area contributed by atoms with Crippen molar-refractivity contribution in [3.05, 3.63) is 102 Å². The summed E-state index contributed by atoms with van der Waals surface area (Å²) < 4.78 is 3.52. The van der Waals surface area contributed by atoms with Crippen LogP contribution >= 0.6 is 51.5 Å². The Kier molecular flexibility index (Phi) is 13.0. The third-order valence-corrected chi connectivity index (χ3v) is 11.3. The van der Waals surface area contributed by atoms with Crippen molar-refractivity contribution in [3.8, 4) is 0 Å². The number of rotatable bonds is 4. The van der Waals surface area contributed by atoms with Gasteiger partial charge in [-0.05, 0) is 85.9 Å². The Hall–Kier alpha value is -4.18. The Morgan fingerprint density at radius 2 is 1.31 bits per heavy atom. The summed E-state index contributed by atoms with van der Waals surface area (Å²) in [5.74, 6) is 0.578. The van der Waals surface area contributed by atoms with Crippen LogP contribution in [0.15, 0.2) is 51.2 Å². The van der Waals surface area contributed by atoms with Gasteiger partial charge in [-0.2, -0.15) is 0 Å². The van der Waals surface area contributed by atoms with Gasteiger partial charge in [0.2, 0.25) is 0 Å². The van der Waals surface area contributed by atoms with Crippen LogP contribution in [-0.2, 0) is 24.2 Å². The fourth-order valence-electron chi connectivity index (χ4n) is 7.51. The summed E-state index contributed by atoms with van der Waals surface area (Å²) >= 11 is 15.7. The molecule has 4 aliphatic rings. The smallest absolute Gasteiger partial charge is 0.276 e. The van der Waals surface area contributed by atoms with Crippen molar-refractivity contribution in [2.75, 3.05) is 11.1 Å². The maximum absolute atomic E-state index is 13.2. The standard InChI is InChI=1S/C18H20ClN5O2.C12H12BrClN2O2.C6H8N3.ClH/c1-2-11-9-20-10-21-15(11)22-13-8-12(19)14-16(25)23-18(24(14)17(13)26)6-4-3-5-7-18;13-7-6-8(14)9-10(17)15-12(16(9)11(7)18)4-2-1-3-5-12;1-2-5-3-8-4-9-6(5)7;/h8-10H,2-7H2,1H3,(H,23,25)(H,20,21,22);6H,1-5H2,(H,15,17);3-4H,1-2H2,(H2,7,8,9);1H/q;;+1;. The van der Waals surface area contributed by atoms with Crippen LogP contribution in [0, 0.1) is 6.92 Å². The van der Waals surface area contributed by atoms with Gasteiger partial charge in [-0.25, -0.2) is 19.9 Å². The van der Waals surface area contributed by atoms with Crippen molar-refractivity contribution in [3.63, 3.8) is 0 Å². The lowest BCUT2D eigenvalue weighted by atomic mass is 9.89. The normalized spacial score (nSPS) is 17.1. The zero-order valence-electron chi connectivity index (χ0n) is 29.6. The van der Waals surface area contributed by atoms with Crippen LogP contribution in [0.3, 0.4) is 0 Å². The van der Waals surface area contributed by atoms with Crippen LogP contribution in [0.1, 0.15) is 103 Å². The fraction of sp³-hybridized carbons (Fsp3) is 0.417. The van der Waals surface area contributed by atoms with E-state index in [1.54, 1.807) is 21.5 Å². The molecule has 0 bridgehead atoms. The van der Waals surface area contributed by atoms with E-state index < -0.39 is 11.3 Å². The van der Waals surface area contributed by atoms with Crippen LogP contribution in [0.4, 0.5) is 17.3 Å². The monoisotopic (exact) mass is 861 g/mol. The molecule has 2 aliphatic carbocycles. The lowest BCUT2D eigenvalue weighted by molar-refractivity contribution is 0.0867. The molecule has 0 atom stereocenters. The summed E-state index contributed by atoms with van der Waals surface area (Å²) in [7, 11) is 0. The zero-order valence-corrected chi connectivity index (χ0v) is 33.5. The Bertz CT molecular complexity index is 2170. The van der Waals surface area contributed by atoms with E-state index in [0.717, 1.165) is 81.8 Å². The molecule has 2 saturated carbocycles. The van der Waals surface area contributed by atoms with Crippen molar-refractivity contribution in [2.24, 2.45) is 0 Å². The molecule has 2 amide bonds. The van der Waals surface area contributed by atoms with Crippen molar-refractivity contribution >= 4 is 80.7 Å². The molecule has 4 aromatic rings. The van der Waals surface area contributed by atoms with Gasteiger partial charge in [-0.3, -0.25) is 28.3 Å². The molecule has 2 fully saturated rings. The van der Waals surface area contributed by atoms with E-state index in [4.69, 9.17) is 28.9 Å². The minimum Gasteiger partial charge on any atom is -0.383 e. The highest BCUT2D eigenvalue weighted by Gasteiger charge is 2.46. The molecule has 18 heteroatoms. The SMILES string of the molecule is CCc1cncnc1Nc1cc(Cl)c2n(c1=O)C1(CCCCC1)NC2=O.Cl.O=C1NC2(CCCCC2)n2c1c(Cl)cc(Br)c2=O.[CH2+]Cc1cncnc1N. The van der Waals surface area contributed by atoms with Gasteiger partial charge in [0.15, 0.2) is 0 Å². The Morgan fingerprint density at radius 3 is 1.81 bits per heavy atom. The van der Waals surface area contributed by atoms with Crippen LogP contribution in [-0.4, -0.2) is 40.9 Å². The van der Waals surface area contributed by atoms with Gasteiger partial charge in [0, 0.05) is 18.0 Å². The second-order valence-electron chi connectivity index (χ2n) is 13.4. The number of anilines is 3. The first-order valence-corrected chi connectivity index (χ1v) is 19.1. The third-order valence-electron chi connectivity index (χ3n) is 10.1. The number of pyridine rings is 2. The molecule has 14 nitrogen and oxygen atoms in total. The molecule has 5 N–H and O–H groups in total. The Balaban J connectivity index is 0.000000173. The molecule has 0 aromatic carbocycles. The van der Waals surface area contributed by atoms with Crippen LogP contribution in [0.25, 0.3) is 0 Å². The van der Waals surface area contributed by atoms with Crippen molar-refractivity contribution < 1.29 is 9.59 Å². The molecule has 0 radical (unpaired) electrons. The molecule has 6 heterocycles. The van der Waals surface area contributed by atoms with E-state index >= 15 is 0 Å². The topological polar surface area (TPSA) is 192 Å². The number of amides is 2. The van der Waals surface area contributed by atoms with Gasteiger partial charge in [0.1, 0.15) is 59.1 Å². The number of hydrogen-bond acceptors (Lipinski definition) is 10. The highest BCUT2D eigenvalue weighted by molar-refractivity contribution is 9.10. The lowest BCUT2D eigenvalue weighted by Gasteiger charge is -2.35. The first-order valence-electron chi connectivity index (χ1n) is 17.6. The van der Waals surface area contributed by atoms with Gasteiger partial charge in [-0.15, -0.1) is 12.4 Å². The van der Waals surface area contributed by atoms with Gasteiger partial charge in [0.25, 0.3) is 22.9 Å². The van der Waals surface area contributed by atoms with Crippen LogP contribution in [0.2, 0.25) is 10.0 Å². The second kappa shape index (κ2) is 17.1. The molecule has 0 unspecified atom stereocenters. The molecule has 0 saturated heterocycles. The van der Waals surface area contributed by atoms with Gasteiger partial charge < -0.3 is 21.7 Å². The van der Waals surface area contributed by atoms with E-state index in [0.29, 0.717) is 38.9 Å². The number of aromatic nitrogens is 6. The predicted octanol–water partition coefficient (Wildman–Crippen LogP) is 6.44. The summed E-state index contributed by atoms with van der Waals surface area (Å²) in [6, 6.07) is 3.01. The van der Waals surface area contributed by atoms with Crippen molar-refractivity contribution in [1.29, 1.82) is 0 Å². The highest BCUT2D eigenvalue weighted by Crippen LogP contribution is 2.40. The summed E-state index contributed by atoms with van der Waals surface area (Å²) in [5.41, 5.74) is 6.43. The maximum atomic E-state index is 13.2. The average Bonchev–Trinajstić information content (AvgIpc) is 3.60. The van der Waals surface area contributed by atoms with Gasteiger partial charge in [-0.1, -0.05) is 43.0 Å². The fourth-order valence-corrected chi connectivity index (χ4v) is 8.61. The highest BCUT2D eigenvalue weighted by atomic mass is 79.9. The number of nitrogens with zero attached hydrogens (tertiary/aromatic N) is 6. The first kappa shape index (κ1) is 41.0. The quantitative estimate of drug-likeness (QED) is 0.166. The third kappa shape index (κ3) is 7.81. The van der Waals surface area contributed by atoms with E-state index in [1.807, 2.05) is 6.92 Å². The van der Waals surface area contributed by atoms with Gasteiger partial charge >= 0.3 is 0 Å². The summed E-state index contributed by atoms with van der Waals surface area (Å²) in [6.07, 6.45) is 16.9. The Labute approximate surface area is 336 Å². The Morgan fingerprint density at radius 1 is 0.815 bits per heavy atom. The largest absolute Gasteiger partial charge is 0.383 e. The summed E-state index contributed by atoms with van der Waals surface area (Å²) in [5, 5.41) is 9.65. The summed E-state index contributed by atoms with van der Waals surface area (Å²) in [4.78, 5) is 65.9. The molecule has 54 heavy (non-hydrogen) atoms. The number of aryl methyl sites for hydroxylation is 1. The minimum absolute atomic E-state index is 0. The molecule has 2 aliphatic heterocycles. The molecule has 2 spiro atoms. The number of nitrogens with one attached hydrogen (secondary N) is 3. The number of fused-ring (bicyclic) bond motifs is 4. The molecule has 8 rings (SSSR count). The van der Waals surface area contributed by atoms with Gasteiger partial charge in [0.05, 0.1) is 27.0 Å². The lowest BCUT2D eigenvalue weighted by Crippen LogP contribution is -2.48. The number of halogens is 4. The first-order chi connectivity index (χ1) is 25.4. The minimum atomic E-state index is -0.664. The van der Waals surface area contributed by atoms with Crippen LogP contribution in [0.5, 0.6) is 0 Å². The summed E-state index contributed by atoms with van der Waals surface area (Å²) in [6.45, 7) is 5.65. The zero-order chi connectivity index (χ0) is 37.9. The van der Waals surface area contributed by atoms with E-state index in [-0.39, 0.29) is 46.1 Å². The van der Waals surface area contributed by atoms with Crippen molar-refractivity contribution in [2.45, 2.75) is 95.3 Å². The molecular formula is C36H41BrCl3N10O4+. The molecule has 4 aromatic heterocycles. The number of carbonyl (C=O) groups is 2. The van der Waals surface area contributed by atoms with Crippen molar-refractivity contribution in [1.82, 2.24) is 39.7 Å². The van der Waals surface area contributed by atoms with E-state index in [2.05, 4.69) is 58.7 Å². The number of nitrogen functional groups attached to an aromatic ring is 1. The second-order valence-corrected chi connectivity index (χ2v) is 15.0. The predicted molar refractivity (Wildman–Crippen MR) is 214 cm³/mol. The van der Waals surface area contributed by atoms with E-state index in [9.17, 15) is 19.2 Å². The van der Waals surface area contributed by atoms with Crippen LogP contribution < -0.4 is 32.8 Å². The maximum Gasteiger partial charge on any atom is 0.276 e. The van der Waals surface area contributed by atoms with E-state index in [1.165, 1.54) is 24.8 Å². The number of nitrogens with two attached hydrogens (primary N) is 1.